The van der Waals surface area contributed by atoms with Crippen LogP contribution in [0.5, 0.6) is 0 Å². The topological polar surface area (TPSA) is 52.6 Å². The Morgan fingerprint density at radius 1 is 1.21 bits per heavy atom. The van der Waals surface area contributed by atoms with Crippen LogP contribution in [0.3, 0.4) is 0 Å². The van der Waals surface area contributed by atoms with Crippen LogP contribution in [0.25, 0.3) is 0 Å². The second-order valence-electron chi connectivity index (χ2n) is 9.01. The van der Waals surface area contributed by atoms with Gasteiger partial charge in [-0.25, -0.2) is 0 Å². The monoisotopic (exact) mass is 422 g/mol. The molecule has 1 saturated heterocycles. The highest BCUT2D eigenvalue weighted by Gasteiger charge is 2.48. The van der Waals surface area contributed by atoms with E-state index in [-0.39, 0.29) is 30.3 Å². The molecule has 0 unspecified atom stereocenters. The number of halogens is 1. The number of carbonyl (C=O) groups excluding carboxylic acids is 1. The number of amides is 1. The molecule has 3 rings (SSSR count). The first kappa shape index (κ1) is 24.2. The number of aliphatic hydroxyl groups is 1. The second-order valence-corrected chi connectivity index (χ2v) is 9.01. The van der Waals surface area contributed by atoms with Crippen LogP contribution in [0, 0.1) is 11.8 Å². The molecule has 1 heterocycles. The van der Waals surface area contributed by atoms with E-state index in [0.717, 1.165) is 56.7 Å². The van der Waals surface area contributed by atoms with Crippen LogP contribution in [-0.4, -0.2) is 41.6 Å². The highest BCUT2D eigenvalue weighted by molar-refractivity contribution is 5.87. The minimum absolute atomic E-state index is 0. The van der Waals surface area contributed by atoms with Crippen LogP contribution in [0.1, 0.15) is 70.8 Å². The van der Waals surface area contributed by atoms with Crippen molar-refractivity contribution in [2.75, 3.05) is 19.6 Å². The van der Waals surface area contributed by atoms with E-state index in [1.807, 2.05) is 30.3 Å². The Hall–Kier alpha value is -1.10. The Kier molecular flexibility index (Phi) is 9.45. The van der Waals surface area contributed by atoms with Gasteiger partial charge in [0.1, 0.15) is 0 Å². The first-order chi connectivity index (χ1) is 13.5. The van der Waals surface area contributed by atoms with Gasteiger partial charge in [0.25, 0.3) is 5.91 Å². The van der Waals surface area contributed by atoms with E-state index in [1.54, 1.807) is 0 Å². The molecule has 1 aliphatic carbocycles. The summed E-state index contributed by atoms with van der Waals surface area (Å²) in [5, 5.41) is 14.6. The first-order valence-corrected chi connectivity index (χ1v) is 11.3. The number of carbonyl (C=O) groups is 1. The molecule has 0 spiro atoms. The predicted octanol–water partition coefficient (Wildman–Crippen LogP) is 4.50. The quantitative estimate of drug-likeness (QED) is 0.615. The largest absolute Gasteiger partial charge is 0.375 e. The lowest BCUT2D eigenvalue weighted by Gasteiger charge is -2.42. The average Bonchev–Trinajstić information content (AvgIpc) is 2.68. The molecule has 0 bridgehead atoms. The summed E-state index contributed by atoms with van der Waals surface area (Å²) >= 11 is 0. The summed E-state index contributed by atoms with van der Waals surface area (Å²) in [6.45, 7) is 7.84. The molecule has 1 aromatic carbocycles. The Labute approximate surface area is 182 Å². The summed E-state index contributed by atoms with van der Waals surface area (Å²) in [6.07, 6.45) is 8.73. The normalized spacial score (nSPS) is 21.5. The Morgan fingerprint density at radius 2 is 1.86 bits per heavy atom. The molecular formula is C24H39ClN2O2. The molecule has 2 N–H and O–H groups in total. The lowest BCUT2D eigenvalue weighted by molar-refractivity contribution is -0.153. The van der Waals surface area contributed by atoms with Crippen LogP contribution in [0.2, 0.25) is 0 Å². The molecule has 4 nitrogen and oxygen atoms in total. The Bertz CT molecular complexity index is 615. The van der Waals surface area contributed by atoms with Crippen molar-refractivity contribution in [2.45, 2.75) is 76.9 Å². The molecule has 0 aromatic heterocycles. The maximum Gasteiger partial charge on any atom is 0.257 e. The third-order valence-electron chi connectivity index (χ3n) is 7.05. The molecule has 2 fully saturated rings. The summed E-state index contributed by atoms with van der Waals surface area (Å²) in [4.78, 5) is 15.7. The van der Waals surface area contributed by atoms with Gasteiger partial charge in [-0.1, -0.05) is 57.0 Å². The van der Waals surface area contributed by atoms with Crippen molar-refractivity contribution in [3.8, 4) is 0 Å². The van der Waals surface area contributed by atoms with E-state index in [9.17, 15) is 9.90 Å². The summed E-state index contributed by atoms with van der Waals surface area (Å²) in [7, 11) is 0. The lowest BCUT2D eigenvalue weighted by Crippen LogP contribution is -2.55. The number of hydrogen-bond donors (Lipinski definition) is 2. The van der Waals surface area contributed by atoms with Gasteiger partial charge in [0.05, 0.1) is 0 Å². The standard InChI is InChI=1S/C24H38N2O2.ClH/c1-3-19(2)9-8-16-26-17-14-22(15-18-26)25-23(27)24(28,21-12-7-13-21)20-10-5-4-6-11-20;/h4-6,10-11,19,21-22,28H,3,7-9,12-18H2,1-2H3,(H,25,27);1H/t19-,24-;/m0./s1. The summed E-state index contributed by atoms with van der Waals surface area (Å²) in [5.41, 5.74) is -0.646. The number of benzene rings is 1. The first-order valence-electron chi connectivity index (χ1n) is 11.3. The molecule has 0 radical (unpaired) electrons. The third kappa shape index (κ3) is 5.96. The summed E-state index contributed by atoms with van der Waals surface area (Å²) in [6, 6.07) is 9.69. The fourth-order valence-electron chi connectivity index (χ4n) is 4.53. The highest BCUT2D eigenvalue weighted by Crippen LogP contribution is 2.42. The van der Waals surface area contributed by atoms with Crippen molar-refractivity contribution in [3.05, 3.63) is 35.9 Å². The predicted molar refractivity (Wildman–Crippen MR) is 121 cm³/mol. The van der Waals surface area contributed by atoms with Crippen LogP contribution >= 0.6 is 12.4 Å². The number of likely N-dealkylation sites (tertiary alicyclic amines) is 1. The van der Waals surface area contributed by atoms with Crippen LogP contribution in [0.15, 0.2) is 30.3 Å². The minimum atomic E-state index is -1.38. The van der Waals surface area contributed by atoms with Gasteiger partial charge in [-0.2, -0.15) is 0 Å². The number of piperidine rings is 1. The van der Waals surface area contributed by atoms with Crippen molar-refractivity contribution in [3.63, 3.8) is 0 Å². The molecule has 1 saturated carbocycles. The molecule has 2 aliphatic rings. The van der Waals surface area contributed by atoms with Gasteiger partial charge in [0, 0.05) is 25.0 Å². The molecule has 1 aromatic rings. The molecule has 164 valence electrons. The van der Waals surface area contributed by atoms with E-state index >= 15 is 0 Å². The molecule has 2 atom stereocenters. The maximum atomic E-state index is 13.2. The van der Waals surface area contributed by atoms with Crippen molar-refractivity contribution < 1.29 is 9.90 Å². The van der Waals surface area contributed by atoms with Crippen molar-refractivity contribution in [1.82, 2.24) is 10.2 Å². The van der Waals surface area contributed by atoms with Gasteiger partial charge in [0.15, 0.2) is 5.60 Å². The number of nitrogens with one attached hydrogen (secondary N) is 1. The summed E-state index contributed by atoms with van der Waals surface area (Å²) < 4.78 is 0. The fourth-order valence-corrected chi connectivity index (χ4v) is 4.53. The zero-order chi connectivity index (χ0) is 20.0. The van der Waals surface area contributed by atoms with Crippen molar-refractivity contribution in [2.24, 2.45) is 11.8 Å². The van der Waals surface area contributed by atoms with Gasteiger partial charge in [-0.05, 0) is 56.6 Å². The zero-order valence-electron chi connectivity index (χ0n) is 18.1. The fraction of sp³-hybridized carbons (Fsp3) is 0.708. The lowest BCUT2D eigenvalue weighted by atomic mass is 9.69. The van der Waals surface area contributed by atoms with Gasteiger partial charge in [0.2, 0.25) is 0 Å². The van der Waals surface area contributed by atoms with Gasteiger partial charge >= 0.3 is 0 Å². The highest BCUT2D eigenvalue weighted by atomic mass is 35.5. The average molecular weight is 423 g/mol. The van der Waals surface area contributed by atoms with Crippen molar-refractivity contribution >= 4 is 18.3 Å². The molecule has 1 amide bonds. The second kappa shape index (κ2) is 11.3. The van der Waals surface area contributed by atoms with Crippen molar-refractivity contribution in [1.29, 1.82) is 0 Å². The molecular weight excluding hydrogens is 384 g/mol. The zero-order valence-corrected chi connectivity index (χ0v) is 18.9. The molecule has 29 heavy (non-hydrogen) atoms. The van der Waals surface area contributed by atoms with E-state index in [4.69, 9.17) is 0 Å². The minimum Gasteiger partial charge on any atom is -0.375 e. The van der Waals surface area contributed by atoms with E-state index in [2.05, 4.69) is 24.1 Å². The van der Waals surface area contributed by atoms with Gasteiger partial charge in [-0.15, -0.1) is 12.4 Å². The van der Waals surface area contributed by atoms with E-state index in [1.165, 1.54) is 25.8 Å². The Balaban J connectivity index is 0.00000300. The number of hydrogen-bond acceptors (Lipinski definition) is 3. The van der Waals surface area contributed by atoms with Gasteiger partial charge < -0.3 is 15.3 Å². The number of rotatable bonds is 9. The van der Waals surface area contributed by atoms with Crippen LogP contribution < -0.4 is 5.32 Å². The third-order valence-corrected chi connectivity index (χ3v) is 7.05. The summed E-state index contributed by atoms with van der Waals surface area (Å²) in [5.74, 6) is 0.660. The van der Waals surface area contributed by atoms with Gasteiger partial charge in [-0.3, -0.25) is 4.79 Å². The van der Waals surface area contributed by atoms with E-state index in [0.29, 0.717) is 0 Å². The molecule has 1 aliphatic heterocycles. The molecule has 5 heteroatoms. The van der Waals surface area contributed by atoms with E-state index < -0.39 is 5.60 Å². The SMILES string of the molecule is CC[C@H](C)CCCN1CCC(NC(=O)[C@](O)(c2ccccc2)C2CCC2)CC1.Cl. The Morgan fingerprint density at radius 3 is 2.41 bits per heavy atom. The smallest absolute Gasteiger partial charge is 0.257 e. The maximum absolute atomic E-state index is 13.2. The number of nitrogens with zero attached hydrogens (tertiary/aromatic N) is 1. The van der Waals surface area contributed by atoms with Crippen LogP contribution in [0.4, 0.5) is 0 Å². The van der Waals surface area contributed by atoms with Crippen LogP contribution in [-0.2, 0) is 10.4 Å².